The lowest BCUT2D eigenvalue weighted by Gasteiger charge is -2.29. The van der Waals surface area contributed by atoms with E-state index in [4.69, 9.17) is 0 Å². The molecule has 0 aliphatic carbocycles. The number of phenolic OH excluding ortho intramolecular Hbond substituents is 1. The molecule has 2 unspecified atom stereocenters. The third-order valence-electron chi connectivity index (χ3n) is 2.85. The normalized spacial score (nSPS) is 16.6. The molecule has 0 radical (unpaired) electrons. The van der Waals surface area contributed by atoms with E-state index >= 15 is 0 Å². The first-order valence-electron chi connectivity index (χ1n) is 6.20. The summed E-state index contributed by atoms with van der Waals surface area (Å²) < 4.78 is 0. The van der Waals surface area contributed by atoms with Gasteiger partial charge in [-0.3, -0.25) is 0 Å². The molecule has 4 heteroatoms. The minimum absolute atomic E-state index is 0.000151. The zero-order valence-electron chi connectivity index (χ0n) is 11.6. The molecule has 3 N–H and O–H groups in total. The standard InChI is InChI=1S/C14H24N2O2/c1-11(12-7-5-6-8-13(12)17)15-9-14(2,18)10-16(3)4/h5-8,11,15,17-18H,9-10H2,1-4H3. The molecular formula is C14H24N2O2. The number of hydrogen-bond donors (Lipinski definition) is 3. The number of aromatic hydroxyl groups is 1. The number of nitrogens with zero attached hydrogens (tertiary/aromatic N) is 1. The van der Waals surface area contributed by atoms with Gasteiger partial charge in [0, 0.05) is 24.7 Å². The van der Waals surface area contributed by atoms with Crippen LogP contribution in [0.15, 0.2) is 24.3 Å². The number of nitrogens with one attached hydrogen (secondary N) is 1. The first-order valence-corrected chi connectivity index (χ1v) is 6.20. The third-order valence-corrected chi connectivity index (χ3v) is 2.85. The summed E-state index contributed by atoms with van der Waals surface area (Å²) in [5.41, 5.74) is 0.0560. The lowest BCUT2D eigenvalue weighted by molar-refractivity contribution is 0.0317. The second-order valence-electron chi connectivity index (χ2n) is 5.40. The van der Waals surface area contributed by atoms with Gasteiger partial charge in [-0.05, 0) is 34.0 Å². The van der Waals surface area contributed by atoms with Crippen LogP contribution in [0, 0.1) is 0 Å². The Hall–Kier alpha value is -1.10. The molecule has 0 aromatic heterocycles. The Morgan fingerprint density at radius 2 is 1.94 bits per heavy atom. The molecular weight excluding hydrogens is 228 g/mol. The Kier molecular flexibility index (Phi) is 5.14. The number of aliphatic hydroxyl groups is 1. The van der Waals surface area contributed by atoms with Gasteiger partial charge in [-0.2, -0.15) is 0 Å². The Morgan fingerprint density at radius 1 is 1.33 bits per heavy atom. The second-order valence-corrected chi connectivity index (χ2v) is 5.40. The molecule has 4 nitrogen and oxygen atoms in total. The Labute approximate surface area is 109 Å². The summed E-state index contributed by atoms with van der Waals surface area (Å²) >= 11 is 0. The van der Waals surface area contributed by atoms with Gasteiger partial charge in [-0.1, -0.05) is 18.2 Å². The highest BCUT2D eigenvalue weighted by atomic mass is 16.3. The van der Waals surface area contributed by atoms with Crippen molar-refractivity contribution in [1.29, 1.82) is 0 Å². The van der Waals surface area contributed by atoms with Crippen molar-refractivity contribution in [2.75, 3.05) is 27.2 Å². The number of likely N-dealkylation sites (N-methyl/N-ethyl adjacent to an activating group) is 1. The van der Waals surface area contributed by atoms with Crippen LogP contribution in [0.4, 0.5) is 0 Å². The van der Waals surface area contributed by atoms with Crippen molar-refractivity contribution in [3.05, 3.63) is 29.8 Å². The van der Waals surface area contributed by atoms with Crippen LogP contribution in [-0.2, 0) is 0 Å². The fraction of sp³-hybridized carbons (Fsp3) is 0.571. The molecule has 0 spiro atoms. The summed E-state index contributed by atoms with van der Waals surface area (Å²) in [5, 5.41) is 23.2. The van der Waals surface area contributed by atoms with Gasteiger partial charge in [0.05, 0.1) is 5.60 Å². The van der Waals surface area contributed by atoms with E-state index in [-0.39, 0.29) is 11.8 Å². The lowest BCUT2D eigenvalue weighted by Crippen LogP contribution is -2.46. The summed E-state index contributed by atoms with van der Waals surface area (Å²) in [7, 11) is 3.86. The Morgan fingerprint density at radius 3 is 2.50 bits per heavy atom. The van der Waals surface area contributed by atoms with E-state index < -0.39 is 5.60 Å². The van der Waals surface area contributed by atoms with E-state index in [1.165, 1.54) is 0 Å². The molecule has 2 atom stereocenters. The van der Waals surface area contributed by atoms with Crippen LogP contribution in [-0.4, -0.2) is 47.9 Å². The van der Waals surface area contributed by atoms with E-state index in [0.29, 0.717) is 13.1 Å². The Balaban J connectivity index is 2.56. The van der Waals surface area contributed by atoms with E-state index in [0.717, 1.165) is 5.56 Å². The fourth-order valence-electron chi connectivity index (χ4n) is 2.07. The summed E-state index contributed by atoms with van der Waals surface area (Å²) in [6, 6.07) is 7.25. The Bertz CT molecular complexity index is 378. The molecule has 0 saturated heterocycles. The molecule has 102 valence electrons. The highest BCUT2D eigenvalue weighted by Crippen LogP contribution is 2.23. The predicted octanol–water partition coefficient (Wildman–Crippen LogP) is 1.36. The number of benzene rings is 1. The monoisotopic (exact) mass is 252 g/mol. The molecule has 0 saturated carbocycles. The van der Waals surface area contributed by atoms with E-state index in [2.05, 4.69) is 5.32 Å². The van der Waals surface area contributed by atoms with Crippen molar-refractivity contribution < 1.29 is 10.2 Å². The van der Waals surface area contributed by atoms with Crippen molar-refractivity contribution >= 4 is 0 Å². The van der Waals surface area contributed by atoms with Gasteiger partial charge in [-0.25, -0.2) is 0 Å². The van der Waals surface area contributed by atoms with Crippen LogP contribution >= 0.6 is 0 Å². The molecule has 0 bridgehead atoms. The van der Waals surface area contributed by atoms with Gasteiger partial charge in [0.15, 0.2) is 0 Å². The van der Waals surface area contributed by atoms with E-state index in [1.54, 1.807) is 19.1 Å². The summed E-state index contributed by atoms with van der Waals surface area (Å²) in [5.74, 6) is 0.282. The van der Waals surface area contributed by atoms with Gasteiger partial charge < -0.3 is 20.4 Å². The largest absolute Gasteiger partial charge is 0.508 e. The molecule has 18 heavy (non-hydrogen) atoms. The van der Waals surface area contributed by atoms with Gasteiger partial charge in [0.2, 0.25) is 0 Å². The summed E-state index contributed by atoms with van der Waals surface area (Å²) in [6.07, 6.45) is 0. The van der Waals surface area contributed by atoms with Gasteiger partial charge in [0.25, 0.3) is 0 Å². The van der Waals surface area contributed by atoms with Crippen molar-refractivity contribution in [2.24, 2.45) is 0 Å². The van der Waals surface area contributed by atoms with Gasteiger partial charge in [0.1, 0.15) is 5.75 Å². The quantitative estimate of drug-likeness (QED) is 0.715. The third kappa shape index (κ3) is 4.64. The van der Waals surface area contributed by atoms with Crippen LogP contribution in [0.25, 0.3) is 0 Å². The highest BCUT2D eigenvalue weighted by molar-refractivity contribution is 5.34. The first-order chi connectivity index (χ1) is 8.32. The molecule has 0 amide bonds. The molecule has 0 aliphatic rings. The van der Waals surface area contributed by atoms with Crippen LogP contribution < -0.4 is 5.32 Å². The topological polar surface area (TPSA) is 55.7 Å². The molecule has 0 aliphatic heterocycles. The average molecular weight is 252 g/mol. The maximum absolute atomic E-state index is 10.2. The van der Waals surface area contributed by atoms with Gasteiger partial charge >= 0.3 is 0 Å². The fourth-order valence-corrected chi connectivity index (χ4v) is 2.07. The molecule has 1 aromatic carbocycles. The van der Waals surface area contributed by atoms with Crippen molar-refractivity contribution in [2.45, 2.75) is 25.5 Å². The summed E-state index contributed by atoms with van der Waals surface area (Å²) in [6.45, 7) is 4.84. The van der Waals surface area contributed by atoms with Crippen LogP contribution in [0.2, 0.25) is 0 Å². The van der Waals surface area contributed by atoms with E-state index in [1.807, 2.05) is 38.1 Å². The predicted molar refractivity (Wildman–Crippen MR) is 73.7 cm³/mol. The minimum atomic E-state index is -0.790. The SMILES string of the molecule is CC(NCC(C)(O)CN(C)C)c1ccccc1O. The number of rotatable bonds is 6. The van der Waals surface area contributed by atoms with Gasteiger partial charge in [-0.15, -0.1) is 0 Å². The van der Waals surface area contributed by atoms with Crippen molar-refractivity contribution in [3.63, 3.8) is 0 Å². The minimum Gasteiger partial charge on any atom is -0.508 e. The van der Waals surface area contributed by atoms with Crippen LogP contribution in [0.1, 0.15) is 25.5 Å². The highest BCUT2D eigenvalue weighted by Gasteiger charge is 2.22. The smallest absolute Gasteiger partial charge is 0.120 e. The number of phenols is 1. The second kappa shape index (κ2) is 6.18. The molecule has 1 rings (SSSR count). The number of para-hydroxylation sites is 1. The first kappa shape index (κ1) is 15.0. The van der Waals surface area contributed by atoms with Crippen molar-refractivity contribution in [3.8, 4) is 5.75 Å². The summed E-state index contributed by atoms with van der Waals surface area (Å²) in [4.78, 5) is 1.95. The zero-order chi connectivity index (χ0) is 13.8. The maximum atomic E-state index is 10.2. The maximum Gasteiger partial charge on any atom is 0.120 e. The lowest BCUT2D eigenvalue weighted by atomic mass is 10.0. The molecule has 1 aromatic rings. The van der Waals surface area contributed by atoms with E-state index in [9.17, 15) is 10.2 Å². The average Bonchev–Trinajstić information content (AvgIpc) is 2.25. The zero-order valence-corrected chi connectivity index (χ0v) is 11.6. The van der Waals surface area contributed by atoms with Crippen molar-refractivity contribution in [1.82, 2.24) is 10.2 Å². The number of hydrogen-bond acceptors (Lipinski definition) is 4. The molecule has 0 heterocycles. The van der Waals surface area contributed by atoms with Crippen LogP contribution in [0.3, 0.4) is 0 Å². The molecule has 0 fully saturated rings. The van der Waals surface area contributed by atoms with Crippen LogP contribution in [0.5, 0.6) is 5.75 Å².